The van der Waals surface area contributed by atoms with Crippen LogP contribution in [0, 0.1) is 13.8 Å². The minimum absolute atomic E-state index is 0.00488. The highest BCUT2D eigenvalue weighted by molar-refractivity contribution is 7.92. The molecule has 0 fully saturated rings. The Kier molecular flexibility index (Phi) is 5.64. The van der Waals surface area contributed by atoms with Gasteiger partial charge in [-0.15, -0.1) is 0 Å². The predicted octanol–water partition coefficient (Wildman–Crippen LogP) is 4.65. The van der Waals surface area contributed by atoms with Crippen LogP contribution in [0.25, 0.3) is 0 Å². The van der Waals surface area contributed by atoms with Crippen LogP contribution in [0.1, 0.15) is 21.6 Å². The molecular formula is C18H15Cl2N3O4S. The molecule has 7 nitrogen and oxygen atoms in total. The van der Waals surface area contributed by atoms with Crippen molar-refractivity contribution in [2.75, 3.05) is 10.0 Å². The van der Waals surface area contributed by atoms with Crippen molar-refractivity contribution in [2.45, 2.75) is 18.7 Å². The lowest BCUT2D eigenvalue weighted by Crippen LogP contribution is -2.15. The van der Waals surface area contributed by atoms with Gasteiger partial charge in [0, 0.05) is 11.3 Å². The topological polar surface area (TPSA) is 101 Å². The summed E-state index contributed by atoms with van der Waals surface area (Å²) in [6, 6.07) is 10.3. The molecule has 0 radical (unpaired) electrons. The summed E-state index contributed by atoms with van der Waals surface area (Å²) in [6.07, 6.45) is 0. The van der Waals surface area contributed by atoms with Gasteiger partial charge in [-0.2, -0.15) is 0 Å². The number of aryl methyl sites for hydroxylation is 1. The van der Waals surface area contributed by atoms with E-state index in [1.54, 1.807) is 32.0 Å². The van der Waals surface area contributed by atoms with Gasteiger partial charge in [0.25, 0.3) is 15.9 Å². The van der Waals surface area contributed by atoms with Crippen LogP contribution >= 0.6 is 23.2 Å². The molecule has 3 aromatic rings. The highest BCUT2D eigenvalue weighted by Gasteiger charge is 2.20. The second-order valence-electron chi connectivity index (χ2n) is 5.90. The van der Waals surface area contributed by atoms with Gasteiger partial charge in [-0.3, -0.25) is 4.79 Å². The lowest BCUT2D eigenvalue weighted by atomic mass is 10.2. The number of hydrogen-bond donors (Lipinski definition) is 2. The molecule has 146 valence electrons. The Morgan fingerprint density at radius 3 is 2.18 bits per heavy atom. The molecule has 3 rings (SSSR count). The van der Waals surface area contributed by atoms with Crippen LogP contribution in [-0.2, 0) is 10.0 Å². The maximum Gasteiger partial charge on any atom is 0.264 e. The number of benzene rings is 2. The van der Waals surface area contributed by atoms with Crippen molar-refractivity contribution in [1.82, 2.24) is 5.16 Å². The number of hydrogen-bond acceptors (Lipinski definition) is 5. The molecule has 0 atom stereocenters. The summed E-state index contributed by atoms with van der Waals surface area (Å²) < 4.78 is 32.3. The van der Waals surface area contributed by atoms with Crippen molar-refractivity contribution >= 4 is 50.7 Å². The second-order valence-corrected chi connectivity index (χ2v) is 8.40. The van der Waals surface area contributed by atoms with E-state index >= 15 is 0 Å². The third-order valence-electron chi connectivity index (χ3n) is 4.00. The first-order valence-electron chi connectivity index (χ1n) is 8.00. The van der Waals surface area contributed by atoms with Gasteiger partial charge >= 0.3 is 0 Å². The zero-order valence-electron chi connectivity index (χ0n) is 14.8. The first-order valence-corrected chi connectivity index (χ1v) is 10.2. The molecular weight excluding hydrogens is 425 g/mol. The predicted molar refractivity (Wildman–Crippen MR) is 108 cm³/mol. The number of nitrogens with zero attached hydrogens (tertiary/aromatic N) is 1. The van der Waals surface area contributed by atoms with E-state index in [1.165, 1.54) is 24.3 Å². The number of amides is 1. The van der Waals surface area contributed by atoms with Crippen LogP contribution < -0.4 is 10.0 Å². The van der Waals surface area contributed by atoms with Crippen molar-refractivity contribution in [3.8, 4) is 0 Å². The minimum Gasteiger partial charge on any atom is -0.337 e. The summed E-state index contributed by atoms with van der Waals surface area (Å²) in [4.78, 5) is 12.4. The van der Waals surface area contributed by atoms with E-state index in [2.05, 4.69) is 15.2 Å². The number of carbonyl (C=O) groups is 1. The summed E-state index contributed by atoms with van der Waals surface area (Å²) in [5.74, 6) is -0.444. The lowest BCUT2D eigenvalue weighted by molar-refractivity contribution is 0.102. The fourth-order valence-electron chi connectivity index (χ4n) is 2.32. The zero-order chi connectivity index (χ0) is 20.5. The molecule has 1 aromatic heterocycles. The van der Waals surface area contributed by atoms with E-state index in [0.717, 1.165) is 0 Å². The number of rotatable bonds is 5. The van der Waals surface area contributed by atoms with Crippen LogP contribution in [0.2, 0.25) is 10.0 Å². The summed E-state index contributed by atoms with van der Waals surface area (Å²) in [6.45, 7) is 3.40. The molecule has 0 saturated heterocycles. The van der Waals surface area contributed by atoms with Crippen LogP contribution in [0.15, 0.2) is 51.9 Å². The Hall–Kier alpha value is -2.55. The molecule has 2 N–H and O–H groups in total. The van der Waals surface area contributed by atoms with Crippen molar-refractivity contribution in [3.63, 3.8) is 0 Å². The third kappa shape index (κ3) is 4.14. The van der Waals surface area contributed by atoms with Crippen LogP contribution in [-0.4, -0.2) is 19.5 Å². The minimum atomic E-state index is -3.87. The number of carbonyl (C=O) groups excluding carboxylic acids is 1. The van der Waals surface area contributed by atoms with Crippen LogP contribution in [0.4, 0.5) is 11.6 Å². The quantitative estimate of drug-likeness (QED) is 0.602. The summed E-state index contributed by atoms with van der Waals surface area (Å²) in [5.41, 5.74) is 1.71. The van der Waals surface area contributed by atoms with Crippen molar-refractivity contribution < 1.29 is 17.7 Å². The van der Waals surface area contributed by atoms with E-state index in [4.69, 9.17) is 27.7 Å². The van der Waals surface area contributed by atoms with Crippen molar-refractivity contribution in [1.29, 1.82) is 0 Å². The van der Waals surface area contributed by atoms with E-state index in [9.17, 15) is 13.2 Å². The van der Waals surface area contributed by atoms with E-state index in [-0.39, 0.29) is 26.4 Å². The van der Waals surface area contributed by atoms with Crippen LogP contribution in [0.3, 0.4) is 0 Å². The molecule has 2 aromatic carbocycles. The first kappa shape index (κ1) is 20.2. The fourth-order valence-corrected chi connectivity index (χ4v) is 3.93. The fraction of sp³-hybridized carbons (Fsp3) is 0.111. The summed E-state index contributed by atoms with van der Waals surface area (Å²) in [5, 5.41) is 6.77. The summed E-state index contributed by atoms with van der Waals surface area (Å²) >= 11 is 12.0. The average Bonchev–Trinajstić information content (AvgIpc) is 2.93. The molecule has 10 heteroatoms. The lowest BCUT2D eigenvalue weighted by Gasteiger charge is -2.10. The highest BCUT2D eigenvalue weighted by atomic mass is 35.5. The molecule has 0 saturated carbocycles. The Labute approximate surface area is 171 Å². The highest BCUT2D eigenvalue weighted by Crippen LogP contribution is 2.26. The van der Waals surface area contributed by atoms with Gasteiger partial charge in [0.2, 0.25) is 5.88 Å². The van der Waals surface area contributed by atoms with Gasteiger partial charge in [-0.1, -0.05) is 34.4 Å². The standard InChI is InChI=1S/C18H15Cl2N3O4S/c1-10-11(2)22-27-18(10)23-28(25,26)13-8-6-12(7-9-13)21-17(24)16-14(19)4-3-5-15(16)20/h3-9,23H,1-2H3,(H,21,24). The van der Waals surface area contributed by atoms with Crippen molar-refractivity contribution in [2.24, 2.45) is 0 Å². The molecule has 28 heavy (non-hydrogen) atoms. The molecule has 1 amide bonds. The molecule has 1 heterocycles. The molecule has 0 bridgehead atoms. The number of anilines is 2. The Morgan fingerprint density at radius 2 is 1.64 bits per heavy atom. The molecule has 0 unspecified atom stereocenters. The average molecular weight is 440 g/mol. The largest absolute Gasteiger partial charge is 0.337 e. The number of sulfonamides is 1. The SMILES string of the molecule is Cc1noc(NS(=O)(=O)c2ccc(NC(=O)c3c(Cl)cccc3Cl)cc2)c1C. The number of halogens is 2. The first-order chi connectivity index (χ1) is 13.2. The Bertz CT molecular complexity index is 1120. The zero-order valence-corrected chi connectivity index (χ0v) is 17.1. The second kappa shape index (κ2) is 7.83. The smallest absolute Gasteiger partial charge is 0.264 e. The third-order valence-corrected chi connectivity index (χ3v) is 5.97. The molecule has 0 aliphatic rings. The number of aromatic nitrogens is 1. The van der Waals surface area contributed by atoms with Gasteiger partial charge in [-0.05, 0) is 50.2 Å². The van der Waals surface area contributed by atoms with E-state index < -0.39 is 15.9 Å². The van der Waals surface area contributed by atoms with Gasteiger partial charge < -0.3 is 9.84 Å². The van der Waals surface area contributed by atoms with E-state index in [1.807, 2.05) is 0 Å². The maximum absolute atomic E-state index is 12.5. The molecule has 0 spiro atoms. The number of nitrogens with one attached hydrogen (secondary N) is 2. The molecule has 0 aliphatic carbocycles. The maximum atomic E-state index is 12.5. The Balaban J connectivity index is 1.78. The van der Waals surface area contributed by atoms with Gasteiger partial charge in [-0.25, -0.2) is 13.1 Å². The van der Waals surface area contributed by atoms with Gasteiger partial charge in [0.05, 0.1) is 26.2 Å². The van der Waals surface area contributed by atoms with E-state index in [0.29, 0.717) is 16.9 Å². The monoisotopic (exact) mass is 439 g/mol. The van der Waals surface area contributed by atoms with Gasteiger partial charge in [0.1, 0.15) is 0 Å². The van der Waals surface area contributed by atoms with Crippen molar-refractivity contribution in [3.05, 3.63) is 69.3 Å². The Morgan fingerprint density at radius 1 is 1.04 bits per heavy atom. The summed E-state index contributed by atoms with van der Waals surface area (Å²) in [7, 11) is -3.87. The molecule has 0 aliphatic heterocycles. The normalized spacial score (nSPS) is 11.3. The van der Waals surface area contributed by atoms with Crippen LogP contribution in [0.5, 0.6) is 0 Å². The van der Waals surface area contributed by atoms with Gasteiger partial charge in [0.15, 0.2) is 0 Å².